The molecule has 1 amide bonds. The molecule has 1 aromatic heterocycles. The van der Waals surface area contributed by atoms with E-state index in [1.807, 2.05) is 42.2 Å². The number of ketones is 1. The molecule has 2 aliphatic rings. The second kappa shape index (κ2) is 10.7. The molecule has 1 aliphatic carbocycles. The third kappa shape index (κ3) is 6.26. The topological polar surface area (TPSA) is 75.0 Å². The predicted octanol–water partition coefficient (Wildman–Crippen LogP) is 3.43. The Labute approximate surface area is 195 Å². The lowest BCUT2D eigenvalue weighted by Crippen LogP contribution is -2.53. The molecule has 2 fully saturated rings. The molecule has 0 radical (unpaired) electrons. The fraction of sp³-hybridized carbons (Fsp3) is 0.462. The SMILES string of the molecule is C=C(N[C@@H](C)C(=O)N1CCN(CCCOc2ccc(C(=O)C3CC3)cc2)CC1)c1ccco1. The quantitative estimate of drug-likeness (QED) is 0.417. The monoisotopic (exact) mass is 451 g/mol. The average Bonchev–Trinajstić information content (AvgIpc) is 3.54. The Morgan fingerprint density at radius 3 is 2.52 bits per heavy atom. The van der Waals surface area contributed by atoms with Gasteiger partial charge in [-0.3, -0.25) is 14.5 Å². The van der Waals surface area contributed by atoms with Gasteiger partial charge in [0.1, 0.15) is 17.6 Å². The minimum atomic E-state index is -0.353. The van der Waals surface area contributed by atoms with Crippen LogP contribution in [0, 0.1) is 5.92 Å². The molecular formula is C26H33N3O4. The van der Waals surface area contributed by atoms with Crippen molar-refractivity contribution in [3.05, 3.63) is 60.6 Å². The minimum absolute atomic E-state index is 0.0781. The van der Waals surface area contributed by atoms with E-state index < -0.39 is 0 Å². The van der Waals surface area contributed by atoms with E-state index in [2.05, 4.69) is 16.8 Å². The van der Waals surface area contributed by atoms with Crippen LogP contribution in [0.5, 0.6) is 5.75 Å². The summed E-state index contributed by atoms with van der Waals surface area (Å²) < 4.78 is 11.2. The van der Waals surface area contributed by atoms with Crippen LogP contribution in [-0.4, -0.2) is 66.9 Å². The number of ether oxygens (including phenoxy) is 1. The number of hydrogen-bond donors (Lipinski definition) is 1. The van der Waals surface area contributed by atoms with Gasteiger partial charge in [0.05, 0.1) is 18.6 Å². The van der Waals surface area contributed by atoms with Crippen molar-refractivity contribution in [2.75, 3.05) is 39.3 Å². The molecule has 4 rings (SSSR count). The largest absolute Gasteiger partial charge is 0.494 e. The summed E-state index contributed by atoms with van der Waals surface area (Å²) >= 11 is 0. The summed E-state index contributed by atoms with van der Waals surface area (Å²) in [5, 5.41) is 3.14. The maximum absolute atomic E-state index is 12.8. The molecule has 1 aliphatic heterocycles. The number of nitrogens with one attached hydrogen (secondary N) is 1. The fourth-order valence-electron chi connectivity index (χ4n) is 4.09. The smallest absolute Gasteiger partial charge is 0.244 e. The normalized spacial score (nSPS) is 17.4. The first-order valence-corrected chi connectivity index (χ1v) is 11.8. The minimum Gasteiger partial charge on any atom is -0.494 e. The van der Waals surface area contributed by atoms with Gasteiger partial charge in [0.2, 0.25) is 5.91 Å². The van der Waals surface area contributed by atoms with Gasteiger partial charge in [-0.05, 0) is 62.6 Å². The molecule has 0 bridgehead atoms. The second-order valence-electron chi connectivity index (χ2n) is 8.85. The van der Waals surface area contributed by atoms with Crippen molar-refractivity contribution in [3.8, 4) is 5.75 Å². The molecule has 33 heavy (non-hydrogen) atoms. The number of nitrogens with zero attached hydrogens (tertiary/aromatic N) is 2. The lowest BCUT2D eigenvalue weighted by atomic mass is 10.1. The Balaban J connectivity index is 1.11. The van der Waals surface area contributed by atoms with Crippen molar-refractivity contribution in [1.82, 2.24) is 15.1 Å². The van der Waals surface area contributed by atoms with Crippen molar-refractivity contribution in [1.29, 1.82) is 0 Å². The van der Waals surface area contributed by atoms with Gasteiger partial charge >= 0.3 is 0 Å². The van der Waals surface area contributed by atoms with Crippen molar-refractivity contribution < 1.29 is 18.7 Å². The fourth-order valence-corrected chi connectivity index (χ4v) is 4.09. The van der Waals surface area contributed by atoms with Crippen LogP contribution in [0.15, 0.2) is 53.7 Å². The molecule has 0 unspecified atom stereocenters. The highest BCUT2D eigenvalue weighted by molar-refractivity contribution is 5.99. The van der Waals surface area contributed by atoms with E-state index in [1.165, 1.54) is 0 Å². The Bertz CT molecular complexity index is 942. The van der Waals surface area contributed by atoms with Crippen LogP contribution in [0.4, 0.5) is 0 Å². The van der Waals surface area contributed by atoms with Gasteiger partial charge in [-0.1, -0.05) is 6.58 Å². The highest BCUT2D eigenvalue weighted by Crippen LogP contribution is 2.32. The zero-order chi connectivity index (χ0) is 23.2. The highest BCUT2D eigenvalue weighted by Gasteiger charge is 2.30. The summed E-state index contributed by atoms with van der Waals surface area (Å²) in [5.74, 6) is 2.02. The zero-order valence-electron chi connectivity index (χ0n) is 19.3. The van der Waals surface area contributed by atoms with E-state index in [-0.39, 0.29) is 23.7 Å². The van der Waals surface area contributed by atoms with Gasteiger partial charge in [-0.2, -0.15) is 0 Å². The maximum atomic E-state index is 12.8. The molecule has 1 N–H and O–H groups in total. The molecule has 0 spiro atoms. The number of amides is 1. The third-order valence-corrected chi connectivity index (χ3v) is 6.24. The van der Waals surface area contributed by atoms with Crippen LogP contribution in [0.2, 0.25) is 0 Å². The Kier molecular flexibility index (Phi) is 7.50. The van der Waals surface area contributed by atoms with Crippen molar-refractivity contribution >= 4 is 17.4 Å². The van der Waals surface area contributed by atoms with Gasteiger partial charge in [0.25, 0.3) is 0 Å². The molecule has 7 nitrogen and oxygen atoms in total. The lowest BCUT2D eigenvalue weighted by molar-refractivity contribution is -0.134. The second-order valence-corrected chi connectivity index (χ2v) is 8.85. The number of benzene rings is 1. The summed E-state index contributed by atoms with van der Waals surface area (Å²) in [5.41, 5.74) is 1.40. The summed E-state index contributed by atoms with van der Waals surface area (Å²) in [7, 11) is 0. The summed E-state index contributed by atoms with van der Waals surface area (Å²) in [6.45, 7) is 10.5. The molecule has 1 aromatic carbocycles. The number of rotatable bonds is 11. The third-order valence-electron chi connectivity index (χ3n) is 6.24. The molecule has 1 saturated heterocycles. The summed E-state index contributed by atoms with van der Waals surface area (Å²) in [6, 6.07) is 10.8. The van der Waals surface area contributed by atoms with Gasteiger partial charge in [-0.15, -0.1) is 0 Å². The Hall–Kier alpha value is -3.06. The first kappa shape index (κ1) is 23.1. The van der Waals surface area contributed by atoms with Crippen LogP contribution >= 0.6 is 0 Å². The lowest BCUT2D eigenvalue weighted by Gasteiger charge is -2.36. The van der Waals surface area contributed by atoms with E-state index >= 15 is 0 Å². The molecular weight excluding hydrogens is 418 g/mol. The first-order valence-electron chi connectivity index (χ1n) is 11.8. The summed E-state index contributed by atoms with van der Waals surface area (Å²) in [6.07, 6.45) is 4.55. The predicted molar refractivity (Wildman–Crippen MR) is 127 cm³/mol. The molecule has 1 atom stereocenters. The molecule has 2 aromatic rings. The average molecular weight is 452 g/mol. The van der Waals surface area contributed by atoms with Crippen LogP contribution < -0.4 is 10.1 Å². The van der Waals surface area contributed by atoms with Crippen LogP contribution in [-0.2, 0) is 4.79 Å². The van der Waals surface area contributed by atoms with E-state index in [0.29, 0.717) is 18.1 Å². The van der Waals surface area contributed by atoms with Crippen molar-refractivity contribution in [3.63, 3.8) is 0 Å². The van der Waals surface area contributed by atoms with E-state index in [0.717, 1.165) is 63.3 Å². The number of piperazine rings is 1. The standard InChI is InChI=1S/C26H33N3O4/c1-19(24-5-3-17-33-24)27-20(2)26(31)29-15-13-28(14-16-29)12-4-18-32-23-10-8-22(9-11-23)25(30)21-6-7-21/h3,5,8-11,17,20-21,27H,1,4,6-7,12-16,18H2,2H3/t20-/m0/s1. The molecule has 2 heterocycles. The molecule has 7 heteroatoms. The number of furan rings is 1. The van der Waals surface area contributed by atoms with E-state index in [4.69, 9.17) is 9.15 Å². The number of hydrogen-bond acceptors (Lipinski definition) is 6. The molecule has 176 valence electrons. The van der Waals surface area contributed by atoms with Gasteiger partial charge in [0.15, 0.2) is 5.78 Å². The number of carbonyl (C=O) groups excluding carboxylic acids is 2. The van der Waals surface area contributed by atoms with E-state index in [9.17, 15) is 9.59 Å². The highest BCUT2D eigenvalue weighted by atomic mass is 16.5. The number of Topliss-reactive ketones (excluding diaryl/α,β-unsaturated/α-hetero) is 1. The summed E-state index contributed by atoms with van der Waals surface area (Å²) in [4.78, 5) is 29.1. The zero-order valence-corrected chi connectivity index (χ0v) is 19.3. The van der Waals surface area contributed by atoms with Crippen molar-refractivity contribution in [2.24, 2.45) is 5.92 Å². The van der Waals surface area contributed by atoms with Gasteiger partial charge in [-0.25, -0.2) is 0 Å². The molecule has 1 saturated carbocycles. The van der Waals surface area contributed by atoms with Crippen LogP contribution in [0.3, 0.4) is 0 Å². The number of carbonyl (C=O) groups is 2. The van der Waals surface area contributed by atoms with Gasteiger partial charge < -0.3 is 19.4 Å². The van der Waals surface area contributed by atoms with Crippen molar-refractivity contribution in [2.45, 2.75) is 32.2 Å². The van der Waals surface area contributed by atoms with E-state index in [1.54, 1.807) is 12.3 Å². The maximum Gasteiger partial charge on any atom is 0.244 e. The van der Waals surface area contributed by atoms with Crippen LogP contribution in [0.1, 0.15) is 42.3 Å². The Morgan fingerprint density at radius 2 is 1.88 bits per heavy atom. The van der Waals surface area contributed by atoms with Gasteiger partial charge in [0, 0.05) is 44.2 Å². The van der Waals surface area contributed by atoms with Crippen LogP contribution in [0.25, 0.3) is 5.70 Å². The first-order chi connectivity index (χ1) is 16.0. The Morgan fingerprint density at radius 1 is 1.15 bits per heavy atom.